The summed E-state index contributed by atoms with van der Waals surface area (Å²) in [5.41, 5.74) is 0. The lowest BCUT2D eigenvalue weighted by atomic mass is 10.2. The molecule has 24 heavy (non-hydrogen) atoms. The van der Waals surface area contributed by atoms with Crippen LogP contribution in [0, 0.1) is 0 Å². The van der Waals surface area contributed by atoms with Crippen molar-refractivity contribution >= 4 is 10.1 Å². The molecule has 2 heterocycles. The van der Waals surface area contributed by atoms with Gasteiger partial charge in [-0.15, -0.1) is 0 Å². The molecule has 0 aromatic heterocycles. The van der Waals surface area contributed by atoms with Gasteiger partial charge in [-0.3, -0.25) is 9.80 Å². The van der Waals surface area contributed by atoms with Gasteiger partial charge >= 0.3 is 10.1 Å². The topological polar surface area (TPSA) is 59.1 Å². The van der Waals surface area contributed by atoms with E-state index in [1.165, 1.54) is 6.42 Å². The Morgan fingerprint density at radius 3 is 2.46 bits per heavy atom. The van der Waals surface area contributed by atoms with Crippen LogP contribution in [-0.4, -0.2) is 75.9 Å². The average Bonchev–Trinajstić information content (AvgIpc) is 3.08. The van der Waals surface area contributed by atoms with Crippen LogP contribution in [0.1, 0.15) is 12.8 Å². The first-order valence-corrected chi connectivity index (χ1v) is 10.2. The minimum absolute atomic E-state index is 0.0215. The van der Waals surface area contributed by atoms with Gasteiger partial charge in [0.2, 0.25) is 0 Å². The van der Waals surface area contributed by atoms with Crippen molar-refractivity contribution in [3.63, 3.8) is 0 Å². The Bertz CT molecular complexity index is 594. The third-order valence-corrected chi connectivity index (χ3v) is 5.70. The molecule has 0 saturated carbocycles. The van der Waals surface area contributed by atoms with Gasteiger partial charge in [0.15, 0.2) is 0 Å². The molecule has 2 saturated heterocycles. The fourth-order valence-corrected chi connectivity index (χ4v) is 4.15. The Hall–Kier alpha value is -1.15. The van der Waals surface area contributed by atoms with Crippen LogP contribution in [0.15, 0.2) is 30.3 Å². The summed E-state index contributed by atoms with van der Waals surface area (Å²) in [5, 5.41) is 0. The van der Waals surface area contributed by atoms with Crippen molar-refractivity contribution in [3.05, 3.63) is 30.3 Å². The molecule has 1 atom stereocenters. The molecule has 3 rings (SSSR count). The molecule has 2 aliphatic heterocycles. The highest BCUT2D eigenvalue weighted by Gasteiger charge is 2.24. The monoisotopic (exact) mass is 354 g/mol. The van der Waals surface area contributed by atoms with Crippen molar-refractivity contribution in [1.29, 1.82) is 0 Å². The number of hydrogen-bond donors (Lipinski definition) is 0. The lowest BCUT2D eigenvalue weighted by Gasteiger charge is -2.35. The molecular weight excluding hydrogens is 328 g/mol. The zero-order valence-corrected chi connectivity index (χ0v) is 14.8. The van der Waals surface area contributed by atoms with E-state index in [2.05, 4.69) is 9.80 Å². The largest absolute Gasteiger partial charge is 0.382 e. The van der Waals surface area contributed by atoms with Crippen molar-refractivity contribution in [3.8, 4) is 5.75 Å². The summed E-state index contributed by atoms with van der Waals surface area (Å²) >= 11 is 0. The summed E-state index contributed by atoms with van der Waals surface area (Å²) in [6.07, 6.45) is 2.72. The van der Waals surface area contributed by atoms with E-state index < -0.39 is 10.1 Å². The first-order chi connectivity index (χ1) is 11.6. The molecule has 1 unspecified atom stereocenters. The molecular formula is C17H26N2O4S. The van der Waals surface area contributed by atoms with E-state index in [0.29, 0.717) is 18.4 Å². The molecule has 0 amide bonds. The summed E-state index contributed by atoms with van der Waals surface area (Å²) < 4.78 is 34.9. The maximum Gasteiger partial charge on any atom is 0.310 e. The number of hydrogen-bond acceptors (Lipinski definition) is 6. The van der Waals surface area contributed by atoms with E-state index in [9.17, 15) is 8.42 Å². The van der Waals surface area contributed by atoms with E-state index in [0.717, 1.165) is 45.8 Å². The molecule has 1 aromatic rings. The second-order valence-corrected chi connectivity index (χ2v) is 8.13. The van der Waals surface area contributed by atoms with Gasteiger partial charge in [0, 0.05) is 45.9 Å². The Morgan fingerprint density at radius 1 is 1.08 bits per heavy atom. The van der Waals surface area contributed by atoms with Gasteiger partial charge in [-0.2, -0.15) is 8.42 Å². The minimum atomic E-state index is -3.54. The van der Waals surface area contributed by atoms with Gasteiger partial charge in [0.25, 0.3) is 0 Å². The maximum atomic E-state index is 12.1. The third-order valence-electron chi connectivity index (χ3n) is 4.57. The molecule has 2 fully saturated rings. The Morgan fingerprint density at radius 2 is 1.79 bits per heavy atom. The lowest BCUT2D eigenvalue weighted by Crippen LogP contribution is -2.49. The first-order valence-electron chi connectivity index (χ1n) is 8.64. The SMILES string of the molecule is O=S(=O)(CCN1CCN(CC2CCCO2)CC1)Oc1ccccc1. The summed E-state index contributed by atoms with van der Waals surface area (Å²) in [6, 6.07) is 8.66. The lowest BCUT2D eigenvalue weighted by molar-refractivity contribution is 0.0516. The van der Waals surface area contributed by atoms with E-state index in [1.807, 2.05) is 6.07 Å². The molecule has 0 bridgehead atoms. The summed E-state index contributed by atoms with van der Waals surface area (Å²) in [7, 11) is -3.54. The Balaban J connectivity index is 1.38. The van der Waals surface area contributed by atoms with Gasteiger partial charge < -0.3 is 8.92 Å². The molecule has 134 valence electrons. The minimum Gasteiger partial charge on any atom is -0.382 e. The van der Waals surface area contributed by atoms with E-state index in [1.54, 1.807) is 24.3 Å². The van der Waals surface area contributed by atoms with E-state index in [-0.39, 0.29) is 5.75 Å². The predicted octanol–water partition coefficient (Wildman–Crippen LogP) is 1.19. The molecule has 0 aliphatic carbocycles. The fraction of sp³-hybridized carbons (Fsp3) is 0.647. The van der Waals surface area contributed by atoms with Crippen LogP contribution >= 0.6 is 0 Å². The number of benzene rings is 1. The normalized spacial score (nSPS) is 23.4. The van der Waals surface area contributed by atoms with Gasteiger partial charge in [-0.1, -0.05) is 18.2 Å². The maximum absolute atomic E-state index is 12.1. The first kappa shape index (κ1) is 17.7. The van der Waals surface area contributed by atoms with Crippen molar-refractivity contribution < 1.29 is 17.3 Å². The van der Waals surface area contributed by atoms with Crippen LogP contribution in [0.3, 0.4) is 0 Å². The van der Waals surface area contributed by atoms with E-state index >= 15 is 0 Å². The van der Waals surface area contributed by atoms with Crippen molar-refractivity contribution in [2.45, 2.75) is 18.9 Å². The molecule has 6 nitrogen and oxygen atoms in total. The van der Waals surface area contributed by atoms with Crippen LogP contribution in [0.2, 0.25) is 0 Å². The quantitative estimate of drug-likeness (QED) is 0.686. The van der Waals surface area contributed by atoms with Gasteiger partial charge in [0.05, 0.1) is 11.9 Å². The zero-order valence-electron chi connectivity index (χ0n) is 14.0. The highest BCUT2D eigenvalue weighted by molar-refractivity contribution is 7.87. The number of nitrogens with zero attached hydrogens (tertiary/aromatic N) is 2. The standard InChI is InChI=1S/C17H26N2O4S/c20-24(21,23-16-5-2-1-3-6-16)14-12-18-8-10-19(11-9-18)15-17-7-4-13-22-17/h1-3,5-6,17H,4,7-15H2. The summed E-state index contributed by atoms with van der Waals surface area (Å²) in [4.78, 5) is 4.61. The molecule has 0 N–H and O–H groups in total. The van der Waals surface area contributed by atoms with Gasteiger partial charge in [0.1, 0.15) is 5.75 Å². The van der Waals surface area contributed by atoms with Crippen LogP contribution in [0.4, 0.5) is 0 Å². The van der Waals surface area contributed by atoms with Crippen molar-refractivity contribution in [1.82, 2.24) is 9.80 Å². The molecule has 0 spiro atoms. The van der Waals surface area contributed by atoms with Crippen LogP contribution in [0.5, 0.6) is 5.75 Å². The molecule has 0 radical (unpaired) electrons. The summed E-state index contributed by atoms with van der Waals surface area (Å²) in [5.74, 6) is 0.395. The third kappa shape index (κ3) is 5.44. The zero-order chi connectivity index (χ0) is 16.8. The second kappa shape index (κ2) is 8.29. The second-order valence-electron chi connectivity index (χ2n) is 6.44. The highest BCUT2D eigenvalue weighted by Crippen LogP contribution is 2.15. The smallest absolute Gasteiger partial charge is 0.310 e. The predicted molar refractivity (Wildman–Crippen MR) is 92.7 cm³/mol. The van der Waals surface area contributed by atoms with Gasteiger partial charge in [-0.05, 0) is 25.0 Å². The van der Waals surface area contributed by atoms with E-state index in [4.69, 9.17) is 8.92 Å². The number of piperazine rings is 1. The van der Waals surface area contributed by atoms with Gasteiger partial charge in [-0.25, -0.2) is 0 Å². The highest BCUT2D eigenvalue weighted by atomic mass is 32.2. The fourth-order valence-electron chi connectivity index (χ4n) is 3.18. The Kier molecular flexibility index (Phi) is 6.10. The summed E-state index contributed by atoms with van der Waals surface area (Å²) in [6.45, 7) is 6.15. The average molecular weight is 354 g/mol. The molecule has 1 aromatic carbocycles. The van der Waals surface area contributed by atoms with Crippen LogP contribution in [0.25, 0.3) is 0 Å². The Labute approximate surface area is 144 Å². The van der Waals surface area contributed by atoms with Crippen molar-refractivity contribution in [2.75, 3.05) is 51.6 Å². The van der Waals surface area contributed by atoms with Crippen LogP contribution < -0.4 is 4.18 Å². The number of rotatable bonds is 7. The molecule has 2 aliphatic rings. The molecule has 7 heteroatoms. The number of ether oxygens (including phenoxy) is 1. The van der Waals surface area contributed by atoms with Crippen molar-refractivity contribution in [2.24, 2.45) is 0 Å². The van der Waals surface area contributed by atoms with Crippen LogP contribution in [-0.2, 0) is 14.9 Å². The number of para-hydroxylation sites is 1.